The monoisotopic (exact) mass is 268 g/mol. The molecule has 1 rings (SSSR count). The van der Waals surface area contributed by atoms with E-state index in [2.05, 4.69) is 13.8 Å². The van der Waals surface area contributed by atoms with Gasteiger partial charge in [0.1, 0.15) is 5.75 Å². The van der Waals surface area contributed by atoms with Crippen molar-refractivity contribution in [3.63, 3.8) is 0 Å². The van der Waals surface area contributed by atoms with Crippen LogP contribution in [0.1, 0.15) is 25.8 Å². The first kappa shape index (κ1) is 14.9. The quantitative estimate of drug-likeness (QED) is 0.768. The highest BCUT2D eigenvalue weighted by Gasteiger charge is 2.04. The van der Waals surface area contributed by atoms with E-state index < -0.39 is 5.97 Å². The first-order chi connectivity index (χ1) is 8.49. The van der Waals surface area contributed by atoms with Gasteiger partial charge in [-0.1, -0.05) is 13.8 Å². The second-order valence-electron chi connectivity index (χ2n) is 4.64. The zero-order chi connectivity index (χ0) is 13.5. The van der Waals surface area contributed by atoms with Crippen LogP contribution in [0.4, 0.5) is 0 Å². The molecule has 0 aliphatic rings. The summed E-state index contributed by atoms with van der Waals surface area (Å²) in [5.41, 5.74) is 0.978. The summed E-state index contributed by atoms with van der Waals surface area (Å²) in [7, 11) is 0. The van der Waals surface area contributed by atoms with E-state index in [4.69, 9.17) is 9.84 Å². The van der Waals surface area contributed by atoms with Crippen LogP contribution in [0, 0.1) is 12.8 Å². The molecule has 0 fully saturated rings. The fraction of sp³-hybridized carbons (Fsp3) is 0.500. The summed E-state index contributed by atoms with van der Waals surface area (Å²) in [5.74, 6) is 1.51. The molecule has 0 saturated heterocycles. The van der Waals surface area contributed by atoms with Crippen LogP contribution >= 0.6 is 11.8 Å². The standard InChI is InChI=1S/C14H20O3S/c1-10(2)6-7-18-12-4-5-13(11(3)8-12)17-9-14(15)16/h4-5,8,10H,6-7,9H2,1-3H3,(H,15,16). The number of rotatable bonds is 7. The van der Waals surface area contributed by atoms with Crippen LogP contribution in [0.5, 0.6) is 5.75 Å². The van der Waals surface area contributed by atoms with Gasteiger partial charge in [0.25, 0.3) is 0 Å². The molecule has 1 aromatic carbocycles. The fourth-order valence-corrected chi connectivity index (χ4v) is 2.67. The Balaban J connectivity index is 2.53. The molecule has 1 N–H and O–H groups in total. The van der Waals surface area contributed by atoms with Crippen molar-refractivity contribution in [2.45, 2.75) is 32.1 Å². The van der Waals surface area contributed by atoms with Crippen LogP contribution in [-0.4, -0.2) is 23.4 Å². The number of aliphatic carboxylic acids is 1. The van der Waals surface area contributed by atoms with Gasteiger partial charge in [0.05, 0.1) is 0 Å². The van der Waals surface area contributed by atoms with Gasteiger partial charge in [-0.05, 0) is 48.8 Å². The van der Waals surface area contributed by atoms with Gasteiger partial charge in [-0.25, -0.2) is 4.79 Å². The summed E-state index contributed by atoms with van der Waals surface area (Å²) in [6.07, 6.45) is 1.20. The lowest BCUT2D eigenvalue weighted by molar-refractivity contribution is -0.139. The fourth-order valence-electron chi connectivity index (χ4n) is 1.43. The first-order valence-electron chi connectivity index (χ1n) is 6.07. The van der Waals surface area contributed by atoms with Crippen LogP contribution in [-0.2, 0) is 4.79 Å². The number of carboxylic acid groups (broad SMARTS) is 1. The zero-order valence-electron chi connectivity index (χ0n) is 11.1. The van der Waals surface area contributed by atoms with Crippen molar-refractivity contribution in [2.24, 2.45) is 5.92 Å². The van der Waals surface area contributed by atoms with Crippen LogP contribution in [0.3, 0.4) is 0 Å². The molecule has 0 bridgehead atoms. The maximum absolute atomic E-state index is 10.4. The normalized spacial score (nSPS) is 10.7. The van der Waals surface area contributed by atoms with Crippen molar-refractivity contribution in [3.05, 3.63) is 23.8 Å². The van der Waals surface area contributed by atoms with Gasteiger partial charge in [0.15, 0.2) is 6.61 Å². The minimum atomic E-state index is -0.954. The molecule has 100 valence electrons. The summed E-state index contributed by atoms with van der Waals surface area (Å²) in [6.45, 7) is 6.08. The van der Waals surface area contributed by atoms with Gasteiger partial charge in [-0.2, -0.15) is 0 Å². The van der Waals surface area contributed by atoms with Gasteiger partial charge in [0.2, 0.25) is 0 Å². The SMILES string of the molecule is Cc1cc(SCCC(C)C)ccc1OCC(=O)O. The largest absolute Gasteiger partial charge is 0.482 e. The highest BCUT2D eigenvalue weighted by atomic mass is 32.2. The number of hydrogen-bond acceptors (Lipinski definition) is 3. The Morgan fingerprint density at radius 1 is 1.44 bits per heavy atom. The summed E-state index contributed by atoms with van der Waals surface area (Å²) in [5, 5.41) is 8.56. The van der Waals surface area contributed by atoms with Crippen LogP contribution in [0.2, 0.25) is 0 Å². The number of hydrogen-bond donors (Lipinski definition) is 1. The molecule has 3 nitrogen and oxygen atoms in total. The molecular formula is C14H20O3S. The number of benzene rings is 1. The third-order valence-corrected chi connectivity index (χ3v) is 3.49. The van der Waals surface area contributed by atoms with Crippen molar-refractivity contribution in [3.8, 4) is 5.75 Å². The maximum atomic E-state index is 10.4. The van der Waals surface area contributed by atoms with E-state index in [1.54, 1.807) is 0 Å². The Labute approximate surface area is 113 Å². The Morgan fingerprint density at radius 2 is 2.17 bits per heavy atom. The van der Waals surface area contributed by atoms with Gasteiger partial charge < -0.3 is 9.84 Å². The molecular weight excluding hydrogens is 248 g/mol. The average molecular weight is 268 g/mol. The second kappa shape index (κ2) is 7.31. The zero-order valence-corrected chi connectivity index (χ0v) is 11.9. The van der Waals surface area contributed by atoms with E-state index in [9.17, 15) is 4.79 Å². The molecule has 0 heterocycles. The third-order valence-electron chi connectivity index (χ3n) is 2.46. The van der Waals surface area contributed by atoms with Gasteiger partial charge in [-0.3, -0.25) is 0 Å². The van der Waals surface area contributed by atoms with Crippen LogP contribution < -0.4 is 4.74 Å². The first-order valence-corrected chi connectivity index (χ1v) is 7.05. The molecule has 1 aromatic rings. The van der Waals surface area contributed by atoms with E-state index >= 15 is 0 Å². The number of carbonyl (C=O) groups is 1. The predicted octanol–water partition coefficient (Wildman–Crippen LogP) is 3.60. The highest BCUT2D eigenvalue weighted by molar-refractivity contribution is 7.99. The molecule has 0 aliphatic carbocycles. The van der Waals surface area contributed by atoms with Gasteiger partial charge in [-0.15, -0.1) is 11.8 Å². The molecule has 0 aliphatic heterocycles. The van der Waals surface area contributed by atoms with E-state index in [0.717, 1.165) is 17.2 Å². The van der Waals surface area contributed by atoms with Crippen molar-refractivity contribution in [1.29, 1.82) is 0 Å². The number of aryl methyl sites for hydroxylation is 1. The number of ether oxygens (including phenoxy) is 1. The van der Waals surface area contributed by atoms with E-state index in [0.29, 0.717) is 5.75 Å². The highest BCUT2D eigenvalue weighted by Crippen LogP contribution is 2.26. The molecule has 0 radical (unpaired) electrons. The molecule has 0 aromatic heterocycles. The topological polar surface area (TPSA) is 46.5 Å². The number of thioether (sulfide) groups is 1. The van der Waals surface area contributed by atoms with Gasteiger partial charge in [0, 0.05) is 4.90 Å². The maximum Gasteiger partial charge on any atom is 0.341 e. The van der Waals surface area contributed by atoms with Gasteiger partial charge >= 0.3 is 5.97 Å². The van der Waals surface area contributed by atoms with Crippen molar-refractivity contribution >= 4 is 17.7 Å². The van der Waals surface area contributed by atoms with Crippen molar-refractivity contribution in [1.82, 2.24) is 0 Å². The molecule has 0 amide bonds. The molecule has 0 unspecified atom stereocenters. The number of carboxylic acids is 1. The third kappa shape index (κ3) is 5.45. The lowest BCUT2D eigenvalue weighted by Crippen LogP contribution is -2.10. The Hall–Kier alpha value is -1.16. The summed E-state index contributed by atoms with van der Waals surface area (Å²) in [6, 6.07) is 5.87. The van der Waals surface area contributed by atoms with Crippen molar-refractivity contribution < 1.29 is 14.6 Å². The lowest BCUT2D eigenvalue weighted by Gasteiger charge is -2.09. The molecule has 0 spiro atoms. The summed E-state index contributed by atoms with van der Waals surface area (Å²) in [4.78, 5) is 11.6. The van der Waals surface area contributed by atoms with Crippen LogP contribution in [0.25, 0.3) is 0 Å². The summed E-state index contributed by atoms with van der Waals surface area (Å²) >= 11 is 1.82. The lowest BCUT2D eigenvalue weighted by atomic mass is 10.2. The Morgan fingerprint density at radius 3 is 2.72 bits per heavy atom. The summed E-state index contributed by atoms with van der Waals surface area (Å²) < 4.78 is 5.19. The Kier molecular flexibility index (Phi) is 6.05. The predicted molar refractivity (Wildman–Crippen MR) is 74.5 cm³/mol. The van der Waals surface area contributed by atoms with E-state index in [1.807, 2.05) is 36.9 Å². The molecule has 18 heavy (non-hydrogen) atoms. The van der Waals surface area contributed by atoms with E-state index in [-0.39, 0.29) is 6.61 Å². The molecule has 0 saturated carbocycles. The smallest absolute Gasteiger partial charge is 0.341 e. The minimum absolute atomic E-state index is 0.291. The minimum Gasteiger partial charge on any atom is -0.482 e. The molecule has 0 atom stereocenters. The van der Waals surface area contributed by atoms with Crippen molar-refractivity contribution in [2.75, 3.05) is 12.4 Å². The Bertz CT molecular complexity index is 402. The van der Waals surface area contributed by atoms with E-state index in [1.165, 1.54) is 11.3 Å². The van der Waals surface area contributed by atoms with Crippen LogP contribution in [0.15, 0.2) is 23.1 Å². The second-order valence-corrected chi connectivity index (χ2v) is 5.81. The average Bonchev–Trinajstić information content (AvgIpc) is 2.27. The molecule has 4 heteroatoms.